The summed E-state index contributed by atoms with van der Waals surface area (Å²) in [5, 5.41) is 6.73. The highest BCUT2D eigenvalue weighted by atomic mass is 19.4. The van der Waals surface area contributed by atoms with Crippen molar-refractivity contribution in [3.8, 4) is 5.75 Å². The minimum Gasteiger partial charge on any atom is -0.406 e. The lowest BCUT2D eigenvalue weighted by atomic mass is 10.2. The molecule has 2 aromatic rings. The predicted octanol–water partition coefficient (Wildman–Crippen LogP) is 2.48. The normalized spacial score (nSPS) is 17.0. The maximum atomic E-state index is 12.5. The van der Waals surface area contributed by atoms with Gasteiger partial charge in [-0.3, -0.25) is 14.3 Å². The lowest BCUT2D eigenvalue weighted by Crippen LogP contribution is -2.41. The summed E-state index contributed by atoms with van der Waals surface area (Å²) in [5.41, 5.74) is 0.294. The number of aryl methyl sites for hydroxylation is 1. The lowest BCUT2D eigenvalue weighted by molar-refractivity contribution is -0.274. The molecule has 28 heavy (non-hydrogen) atoms. The molecule has 3 rings (SSSR count). The molecule has 1 aliphatic rings. The van der Waals surface area contributed by atoms with Crippen LogP contribution in [0, 0.1) is 0 Å². The van der Waals surface area contributed by atoms with Crippen molar-refractivity contribution in [3.05, 3.63) is 42.7 Å². The molecule has 1 aliphatic heterocycles. The Hall–Kier alpha value is -3.04. The molecule has 0 bridgehead atoms. The molecule has 0 aliphatic carbocycles. The molecule has 0 saturated carbocycles. The average Bonchev–Trinajstić information content (AvgIpc) is 3.24. The van der Waals surface area contributed by atoms with Crippen LogP contribution in [0.1, 0.15) is 19.3 Å². The van der Waals surface area contributed by atoms with Crippen LogP contribution in [-0.4, -0.2) is 40.5 Å². The van der Waals surface area contributed by atoms with Gasteiger partial charge in [-0.1, -0.05) is 6.07 Å². The summed E-state index contributed by atoms with van der Waals surface area (Å²) in [5.74, 6) is -1.00. The Morgan fingerprint density at radius 2 is 2.14 bits per heavy atom. The number of aromatic nitrogens is 2. The minimum atomic E-state index is -4.81. The van der Waals surface area contributed by atoms with Gasteiger partial charge in [0.25, 0.3) is 0 Å². The largest absolute Gasteiger partial charge is 0.573 e. The van der Waals surface area contributed by atoms with E-state index >= 15 is 0 Å². The Morgan fingerprint density at radius 3 is 2.86 bits per heavy atom. The fourth-order valence-electron chi connectivity index (χ4n) is 3.02. The number of carbonyl (C=O) groups is 2. The second-order valence-corrected chi connectivity index (χ2v) is 6.32. The molecule has 1 saturated heterocycles. The number of alkyl halides is 3. The SMILES string of the molecule is O=C(CCCn1cccn1)NC1CCN(c2cccc(OC(F)(F)F)c2)C1=O. The van der Waals surface area contributed by atoms with Gasteiger partial charge < -0.3 is 15.0 Å². The maximum absolute atomic E-state index is 12.5. The summed E-state index contributed by atoms with van der Waals surface area (Å²) < 4.78 is 42.7. The monoisotopic (exact) mass is 396 g/mol. The van der Waals surface area contributed by atoms with Crippen molar-refractivity contribution in [3.63, 3.8) is 0 Å². The number of hydrogen-bond acceptors (Lipinski definition) is 4. The standard InChI is InChI=1S/C18H19F3N4O3/c19-18(20,21)28-14-5-1-4-13(12-14)25-11-7-15(17(25)27)23-16(26)6-2-9-24-10-3-8-22-24/h1,3-5,8,10,12,15H,2,6-7,9,11H2,(H,23,26). The van der Waals surface area contributed by atoms with E-state index in [2.05, 4.69) is 15.2 Å². The molecule has 1 aromatic heterocycles. The van der Waals surface area contributed by atoms with Gasteiger partial charge in [-0.2, -0.15) is 5.10 Å². The van der Waals surface area contributed by atoms with E-state index in [9.17, 15) is 22.8 Å². The minimum absolute atomic E-state index is 0.249. The van der Waals surface area contributed by atoms with Crippen LogP contribution in [0.15, 0.2) is 42.7 Å². The van der Waals surface area contributed by atoms with E-state index in [4.69, 9.17) is 0 Å². The number of halogens is 3. The van der Waals surface area contributed by atoms with Crippen molar-refractivity contribution in [1.29, 1.82) is 0 Å². The van der Waals surface area contributed by atoms with Gasteiger partial charge in [0, 0.05) is 43.7 Å². The summed E-state index contributed by atoms with van der Waals surface area (Å²) in [4.78, 5) is 25.9. The number of nitrogens with one attached hydrogen (secondary N) is 1. The number of anilines is 1. The van der Waals surface area contributed by atoms with E-state index in [1.54, 1.807) is 23.1 Å². The predicted molar refractivity (Wildman–Crippen MR) is 93.5 cm³/mol. The fraction of sp³-hybridized carbons (Fsp3) is 0.389. The Kier molecular flexibility index (Phi) is 5.86. The summed E-state index contributed by atoms with van der Waals surface area (Å²) in [6.07, 6.45) is -0.143. The number of carbonyl (C=O) groups excluding carboxylic acids is 2. The summed E-state index contributed by atoms with van der Waals surface area (Å²) in [7, 11) is 0. The number of nitrogens with zero attached hydrogens (tertiary/aromatic N) is 3. The van der Waals surface area contributed by atoms with E-state index in [1.165, 1.54) is 17.0 Å². The van der Waals surface area contributed by atoms with Crippen LogP contribution in [-0.2, 0) is 16.1 Å². The van der Waals surface area contributed by atoms with E-state index in [0.717, 1.165) is 12.1 Å². The zero-order valence-electron chi connectivity index (χ0n) is 14.9. The molecule has 7 nitrogen and oxygen atoms in total. The molecule has 150 valence electrons. The zero-order valence-corrected chi connectivity index (χ0v) is 14.9. The van der Waals surface area contributed by atoms with Crippen LogP contribution in [0.5, 0.6) is 5.75 Å². The second-order valence-electron chi connectivity index (χ2n) is 6.32. The smallest absolute Gasteiger partial charge is 0.406 e. The van der Waals surface area contributed by atoms with Gasteiger partial charge >= 0.3 is 6.36 Å². The lowest BCUT2D eigenvalue weighted by Gasteiger charge is -2.18. The first-order valence-corrected chi connectivity index (χ1v) is 8.76. The van der Waals surface area contributed by atoms with E-state index in [0.29, 0.717) is 31.6 Å². The van der Waals surface area contributed by atoms with Crippen LogP contribution in [0.4, 0.5) is 18.9 Å². The van der Waals surface area contributed by atoms with Crippen molar-refractivity contribution in [2.75, 3.05) is 11.4 Å². The number of hydrogen-bond donors (Lipinski definition) is 1. The highest BCUT2D eigenvalue weighted by Crippen LogP contribution is 2.29. The van der Waals surface area contributed by atoms with E-state index in [-0.39, 0.29) is 18.2 Å². The van der Waals surface area contributed by atoms with Crippen LogP contribution >= 0.6 is 0 Å². The number of amides is 2. The van der Waals surface area contributed by atoms with Crippen molar-refractivity contribution < 1.29 is 27.5 Å². The Labute approximate surface area is 159 Å². The molecule has 0 radical (unpaired) electrons. The topological polar surface area (TPSA) is 76.5 Å². The summed E-state index contributed by atoms with van der Waals surface area (Å²) >= 11 is 0. The molecular formula is C18H19F3N4O3. The van der Waals surface area contributed by atoms with Crippen LogP contribution in [0.3, 0.4) is 0 Å². The molecule has 2 amide bonds. The second kappa shape index (κ2) is 8.32. The third-order valence-corrected chi connectivity index (χ3v) is 4.25. The van der Waals surface area contributed by atoms with Crippen molar-refractivity contribution in [2.45, 2.75) is 38.2 Å². The van der Waals surface area contributed by atoms with Gasteiger partial charge in [0.1, 0.15) is 11.8 Å². The number of rotatable bonds is 7. The first-order chi connectivity index (χ1) is 13.3. The maximum Gasteiger partial charge on any atom is 0.573 e. The molecule has 0 spiro atoms. The molecular weight excluding hydrogens is 377 g/mol. The molecule has 10 heteroatoms. The quantitative estimate of drug-likeness (QED) is 0.780. The van der Waals surface area contributed by atoms with Gasteiger partial charge in [-0.25, -0.2) is 0 Å². The first-order valence-electron chi connectivity index (χ1n) is 8.76. The average molecular weight is 396 g/mol. The molecule has 1 aromatic carbocycles. The van der Waals surface area contributed by atoms with Crippen molar-refractivity contribution >= 4 is 17.5 Å². The zero-order chi connectivity index (χ0) is 20.1. The van der Waals surface area contributed by atoms with Crippen LogP contribution in [0.2, 0.25) is 0 Å². The molecule has 2 heterocycles. The summed E-state index contributed by atoms with van der Waals surface area (Å²) in [6, 6.07) is 6.32. The van der Waals surface area contributed by atoms with Gasteiger partial charge in [0.05, 0.1) is 0 Å². The van der Waals surface area contributed by atoms with Crippen molar-refractivity contribution in [2.24, 2.45) is 0 Å². The van der Waals surface area contributed by atoms with Crippen LogP contribution in [0.25, 0.3) is 0 Å². The van der Waals surface area contributed by atoms with Gasteiger partial charge in [-0.05, 0) is 31.0 Å². The third-order valence-electron chi connectivity index (χ3n) is 4.25. The molecule has 1 unspecified atom stereocenters. The van der Waals surface area contributed by atoms with E-state index in [1.807, 2.05) is 0 Å². The third kappa shape index (κ3) is 5.24. The Bertz CT molecular complexity index is 824. The summed E-state index contributed by atoms with van der Waals surface area (Å²) in [6.45, 7) is 0.893. The highest BCUT2D eigenvalue weighted by molar-refractivity contribution is 6.01. The van der Waals surface area contributed by atoms with Gasteiger partial charge in [-0.15, -0.1) is 13.2 Å². The fourth-order valence-corrected chi connectivity index (χ4v) is 3.02. The van der Waals surface area contributed by atoms with Crippen molar-refractivity contribution in [1.82, 2.24) is 15.1 Å². The van der Waals surface area contributed by atoms with Gasteiger partial charge in [0.2, 0.25) is 11.8 Å². The van der Waals surface area contributed by atoms with Crippen LogP contribution < -0.4 is 15.0 Å². The van der Waals surface area contributed by atoms with E-state index < -0.39 is 18.2 Å². The molecule has 1 atom stereocenters. The molecule has 1 fully saturated rings. The number of benzene rings is 1. The first kappa shape index (κ1) is 19.7. The highest BCUT2D eigenvalue weighted by Gasteiger charge is 2.35. The Balaban J connectivity index is 1.52. The van der Waals surface area contributed by atoms with Gasteiger partial charge in [0.15, 0.2) is 0 Å². The molecule has 1 N–H and O–H groups in total. The Morgan fingerprint density at radius 1 is 1.32 bits per heavy atom. The number of ether oxygens (including phenoxy) is 1.